The van der Waals surface area contributed by atoms with Gasteiger partial charge in [0.25, 0.3) is 0 Å². The molecule has 118 valence electrons. The number of rotatable bonds is 7. The molecule has 0 radical (unpaired) electrons. The molecule has 2 fully saturated rings. The Morgan fingerprint density at radius 2 is 2.10 bits per heavy atom. The minimum atomic E-state index is -3.08. The smallest absolute Gasteiger partial charge is 0.211 e. The van der Waals surface area contributed by atoms with Crippen LogP contribution in [-0.4, -0.2) is 51.3 Å². The van der Waals surface area contributed by atoms with E-state index in [9.17, 15) is 8.42 Å². The van der Waals surface area contributed by atoms with Gasteiger partial charge >= 0.3 is 0 Å². The van der Waals surface area contributed by atoms with Gasteiger partial charge in [-0.2, -0.15) is 0 Å². The monoisotopic (exact) mass is 305 g/mol. The fourth-order valence-corrected chi connectivity index (χ4v) is 4.23. The highest BCUT2D eigenvalue weighted by Gasteiger charge is 2.38. The molecule has 0 amide bonds. The molecule has 1 heterocycles. The molecule has 3 unspecified atom stereocenters. The van der Waals surface area contributed by atoms with E-state index in [-0.39, 0.29) is 12.1 Å². The van der Waals surface area contributed by atoms with Gasteiger partial charge in [0.15, 0.2) is 0 Å². The lowest BCUT2D eigenvalue weighted by molar-refractivity contribution is 0.0397. The Morgan fingerprint density at radius 1 is 1.40 bits per heavy atom. The Morgan fingerprint density at radius 3 is 2.60 bits per heavy atom. The van der Waals surface area contributed by atoms with Crippen molar-refractivity contribution in [3.05, 3.63) is 0 Å². The number of hydrogen-bond donors (Lipinski definition) is 2. The van der Waals surface area contributed by atoms with Crippen LogP contribution in [0.25, 0.3) is 0 Å². The summed E-state index contributed by atoms with van der Waals surface area (Å²) in [6.07, 6.45) is 6.71. The molecule has 0 aromatic rings. The maximum atomic E-state index is 11.7. The van der Waals surface area contributed by atoms with Crippen LogP contribution in [0, 0.1) is 11.8 Å². The molecule has 0 aromatic carbocycles. The molecule has 0 bridgehead atoms. The lowest BCUT2D eigenvalue weighted by Gasteiger charge is -2.34. The molecule has 1 saturated carbocycles. The molecule has 3 atom stereocenters. The van der Waals surface area contributed by atoms with Crippen molar-refractivity contribution in [1.29, 1.82) is 0 Å². The molecule has 20 heavy (non-hydrogen) atoms. The summed E-state index contributed by atoms with van der Waals surface area (Å²) < 4.78 is 30.5. The number of sulfonamides is 1. The van der Waals surface area contributed by atoms with Gasteiger partial charge in [-0.3, -0.25) is 11.3 Å². The Balaban J connectivity index is 1.93. The first-order valence-corrected chi connectivity index (χ1v) is 9.24. The Bertz CT molecular complexity index is 411. The van der Waals surface area contributed by atoms with Crippen molar-refractivity contribution in [3.63, 3.8) is 0 Å². The van der Waals surface area contributed by atoms with Crippen molar-refractivity contribution in [2.45, 2.75) is 44.2 Å². The van der Waals surface area contributed by atoms with Crippen LogP contribution in [0.4, 0.5) is 0 Å². The maximum absolute atomic E-state index is 11.7. The summed E-state index contributed by atoms with van der Waals surface area (Å²) in [5.41, 5.74) is 2.88. The lowest BCUT2D eigenvalue weighted by Crippen LogP contribution is -2.49. The predicted octanol–water partition coefficient (Wildman–Crippen LogP) is 0.305. The first-order chi connectivity index (χ1) is 9.45. The quantitative estimate of drug-likeness (QED) is 0.522. The zero-order valence-electron chi connectivity index (χ0n) is 12.4. The summed E-state index contributed by atoms with van der Waals surface area (Å²) >= 11 is 0. The van der Waals surface area contributed by atoms with Crippen LogP contribution in [0.5, 0.6) is 0 Å². The van der Waals surface area contributed by atoms with E-state index in [1.54, 1.807) is 11.4 Å². The second-order valence-corrected chi connectivity index (χ2v) is 8.16. The molecule has 0 aromatic heterocycles. The summed E-state index contributed by atoms with van der Waals surface area (Å²) in [5.74, 6) is 6.65. The van der Waals surface area contributed by atoms with Crippen LogP contribution in [0.15, 0.2) is 0 Å². The minimum absolute atomic E-state index is 0.108. The highest BCUT2D eigenvalue weighted by atomic mass is 32.2. The summed E-state index contributed by atoms with van der Waals surface area (Å²) in [6, 6.07) is 0.108. The van der Waals surface area contributed by atoms with E-state index < -0.39 is 10.0 Å². The predicted molar refractivity (Wildman–Crippen MR) is 78.4 cm³/mol. The standard InChI is InChI=1S/C13H27N3O3S/c1-19-13(11-5-6-11)12(15-14)8-10-4-3-7-16(9-10)20(2,17)18/h10-13,15H,3-9,14H2,1-2H3. The Hall–Kier alpha value is -0.210. The zero-order valence-corrected chi connectivity index (χ0v) is 13.2. The van der Waals surface area contributed by atoms with Gasteiger partial charge in [-0.05, 0) is 43.9 Å². The summed E-state index contributed by atoms with van der Waals surface area (Å²) in [4.78, 5) is 0. The van der Waals surface area contributed by atoms with E-state index in [1.165, 1.54) is 19.1 Å². The van der Waals surface area contributed by atoms with E-state index in [0.717, 1.165) is 19.3 Å². The number of nitrogens with zero attached hydrogens (tertiary/aromatic N) is 1. The van der Waals surface area contributed by atoms with E-state index in [0.29, 0.717) is 24.9 Å². The number of nitrogens with one attached hydrogen (secondary N) is 1. The SMILES string of the molecule is COC(C1CC1)C(CC1CCCN(S(C)(=O)=O)C1)NN. The maximum Gasteiger partial charge on any atom is 0.211 e. The fraction of sp³-hybridized carbons (Fsp3) is 1.00. The molecule has 1 saturated heterocycles. The van der Waals surface area contributed by atoms with Crippen molar-refractivity contribution >= 4 is 10.0 Å². The van der Waals surface area contributed by atoms with Crippen LogP contribution >= 0.6 is 0 Å². The summed E-state index contributed by atoms with van der Waals surface area (Å²) in [7, 11) is -1.35. The molecule has 2 rings (SSSR count). The molecular formula is C13H27N3O3S. The van der Waals surface area contributed by atoms with E-state index in [2.05, 4.69) is 5.43 Å². The summed E-state index contributed by atoms with van der Waals surface area (Å²) in [6.45, 7) is 1.25. The largest absolute Gasteiger partial charge is 0.379 e. The third kappa shape index (κ3) is 4.14. The molecule has 0 spiro atoms. The minimum Gasteiger partial charge on any atom is -0.379 e. The van der Waals surface area contributed by atoms with Crippen LogP contribution in [-0.2, 0) is 14.8 Å². The van der Waals surface area contributed by atoms with Gasteiger partial charge in [0.2, 0.25) is 10.0 Å². The highest BCUT2D eigenvalue weighted by Crippen LogP contribution is 2.37. The Kier molecular flexibility index (Phi) is 5.42. The normalized spacial score (nSPS) is 28.2. The van der Waals surface area contributed by atoms with Crippen molar-refractivity contribution in [3.8, 4) is 0 Å². The van der Waals surface area contributed by atoms with Crippen molar-refractivity contribution < 1.29 is 13.2 Å². The zero-order chi connectivity index (χ0) is 14.8. The van der Waals surface area contributed by atoms with Crippen molar-refractivity contribution in [2.75, 3.05) is 26.5 Å². The van der Waals surface area contributed by atoms with E-state index >= 15 is 0 Å². The Labute approximate surface area is 122 Å². The topological polar surface area (TPSA) is 84.7 Å². The molecule has 1 aliphatic heterocycles. The molecule has 1 aliphatic carbocycles. The fourth-order valence-electron chi connectivity index (χ4n) is 3.29. The van der Waals surface area contributed by atoms with Gasteiger partial charge in [0, 0.05) is 26.2 Å². The highest BCUT2D eigenvalue weighted by molar-refractivity contribution is 7.88. The van der Waals surface area contributed by atoms with Crippen LogP contribution in [0.3, 0.4) is 0 Å². The summed E-state index contributed by atoms with van der Waals surface area (Å²) in [5, 5.41) is 0. The van der Waals surface area contributed by atoms with Gasteiger partial charge in [-0.15, -0.1) is 0 Å². The number of hydrazine groups is 1. The molecular weight excluding hydrogens is 278 g/mol. The first kappa shape index (κ1) is 16.2. The van der Waals surface area contributed by atoms with E-state index in [4.69, 9.17) is 10.6 Å². The molecule has 6 nitrogen and oxygen atoms in total. The number of methoxy groups -OCH3 is 1. The van der Waals surface area contributed by atoms with Gasteiger partial charge in [0.05, 0.1) is 12.4 Å². The second kappa shape index (κ2) is 6.70. The van der Waals surface area contributed by atoms with Crippen molar-refractivity contribution in [2.24, 2.45) is 17.7 Å². The van der Waals surface area contributed by atoms with Gasteiger partial charge in [-0.1, -0.05) is 0 Å². The van der Waals surface area contributed by atoms with Gasteiger partial charge in [-0.25, -0.2) is 12.7 Å². The third-order valence-electron chi connectivity index (χ3n) is 4.51. The number of hydrogen-bond acceptors (Lipinski definition) is 5. The van der Waals surface area contributed by atoms with Gasteiger partial charge in [0.1, 0.15) is 0 Å². The number of ether oxygens (including phenoxy) is 1. The molecule has 2 aliphatic rings. The number of piperidine rings is 1. The van der Waals surface area contributed by atoms with Crippen molar-refractivity contribution in [1.82, 2.24) is 9.73 Å². The first-order valence-electron chi connectivity index (χ1n) is 7.39. The average Bonchev–Trinajstić information content (AvgIpc) is 3.22. The van der Waals surface area contributed by atoms with Crippen LogP contribution in [0.1, 0.15) is 32.1 Å². The number of nitrogens with two attached hydrogens (primary N) is 1. The van der Waals surface area contributed by atoms with E-state index in [1.807, 2.05) is 0 Å². The molecule has 7 heteroatoms. The third-order valence-corrected chi connectivity index (χ3v) is 5.78. The molecule has 3 N–H and O–H groups in total. The van der Waals surface area contributed by atoms with Crippen LogP contribution < -0.4 is 11.3 Å². The van der Waals surface area contributed by atoms with Gasteiger partial charge < -0.3 is 4.74 Å². The second-order valence-electron chi connectivity index (χ2n) is 6.18. The lowest BCUT2D eigenvalue weighted by atomic mass is 9.89. The average molecular weight is 305 g/mol. The van der Waals surface area contributed by atoms with Crippen LogP contribution in [0.2, 0.25) is 0 Å².